The van der Waals surface area contributed by atoms with Gasteiger partial charge in [0, 0.05) is 12.1 Å². The molecule has 16 heavy (non-hydrogen) atoms. The molecule has 1 aromatic carbocycles. The predicted molar refractivity (Wildman–Crippen MR) is 69.2 cm³/mol. The molecule has 0 atom stereocenters. The predicted octanol–water partition coefficient (Wildman–Crippen LogP) is 3.07. The van der Waals surface area contributed by atoms with Gasteiger partial charge in [-0.3, -0.25) is 0 Å². The monoisotopic (exact) mass is 221 g/mol. The minimum Gasteiger partial charge on any atom is -0.492 e. The summed E-state index contributed by atoms with van der Waals surface area (Å²) in [5.74, 6) is 0.966. The normalized spacial score (nSPS) is 11.6. The molecule has 0 aliphatic heterocycles. The van der Waals surface area contributed by atoms with E-state index in [4.69, 9.17) is 4.74 Å². The van der Waals surface area contributed by atoms with Crippen LogP contribution >= 0.6 is 0 Å². The molecule has 0 bridgehead atoms. The van der Waals surface area contributed by atoms with Crippen molar-refractivity contribution in [2.75, 3.05) is 13.2 Å². The van der Waals surface area contributed by atoms with Crippen LogP contribution in [0, 0.1) is 13.8 Å². The number of hydrogen-bond acceptors (Lipinski definition) is 2. The molecule has 0 fully saturated rings. The molecule has 1 rings (SSSR count). The molecule has 0 heterocycles. The standard InChI is InChI=1S/C14H23NO/c1-11-8-12(2)10-13(9-11)16-7-6-15-14(3,4)5/h8-10,15H,6-7H2,1-5H3. The number of aryl methyl sites for hydroxylation is 2. The van der Waals surface area contributed by atoms with E-state index >= 15 is 0 Å². The average molecular weight is 221 g/mol. The fraction of sp³-hybridized carbons (Fsp3) is 0.571. The zero-order chi connectivity index (χ0) is 12.2. The Kier molecular flexibility index (Phi) is 4.36. The fourth-order valence-electron chi connectivity index (χ4n) is 1.61. The summed E-state index contributed by atoms with van der Waals surface area (Å²) >= 11 is 0. The van der Waals surface area contributed by atoms with Crippen molar-refractivity contribution in [1.29, 1.82) is 0 Å². The van der Waals surface area contributed by atoms with E-state index in [1.165, 1.54) is 11.1 Å². The van der Waals surface area contributed by atoms with Crippen molar-refractivity contribution in [2.45, 2.75) is 40.2 Å². The van der Waals surface area contributed by atoms with Crippen molar-refractivity contribution >= 4 is 0 Å². The van der Waals surface area contributed by atoms with Crippen molar-refractivity contribution in [3.05, 3.63) is 29.3 Å². The largest absolute Gasteiger partial charge is 0.492 e. The van der Waals surface area contributed by atoms with E-state index < -0.39 is 0 Å². The molecule has 0 amide bonds. The second-order valence-corrected chi connectivity index (χ2v) is 5.35. The Labute approximate surface area is 99.0 Å². The van der Waals surface area contributed by atoms with E-state index in [1.807, 2.05) is 0 Å². The van der Waals surface area contributed by atoms with E-state index in [9.17, 15) is 0 Å². The van der Waals surface area contributed by atoms with E-state index in [-0.39, 0.29) is 5.54 Å². The summed E-state index contributed by atoms with van der Waals surface area (Å²) in [6, 6.07) is 6.30. The van der Waals surface area contributed by atoms with Gasteiger partial charge in [0.2, 0.25) is 0 Å². The molecule has 0 aliphatic carbocycles. The molecule has 0 unspecified atom stereocenters. The van der Waals surface area contributed by atoms with E-state index in [0.717, 1.165) is 12.3 Å². The Morgan fingerprint density at radius 2 is 1.62 bits per heavy atom. The Morgan fingerprint density at radius 1 is 1.06 bits per heavy atom. The quantitative estimate of drug-likeness (QED) is 0.789. The van der Waals surface area contributed by atoms with Crippen molar-refractivity contribution < 1.29 is 4.74 Å². The highest BCUT2D eigenvalue weighted by Gasteiger charge is 2.07. The molecule has 2 nitrogen and oxygen atoms in total. The lowest BCUT2D eigenvalue weighted by molar-refractivity contribution is 0.290. The third kappa shape index (κ3) is 5.17. The van der Waals surface area contributed by atoms with E-state index in [1.54, 1.807) is 0 Å². The van der Waals surface area contributed by atoms with Gasteiger partial charge in [-0.1, -0.05) is 6.07 Å². The van der Waals surface area contributed by atoms with Gasteiger partial charge < -0.3 is 10.1 Å². The smallest absolute Gasteiger partial charge is 0.119 e. The van der Waals surface area contributed by atoms with E-state index in [2.05, 4.69) is 58.1 Å². The summed E-state index contributed by atoms with van der Waals surface area (Å²) < 4.78 is 5.70. The van der Waals surface area contributed by atoms with Crippen LogP contribution in [0.15, 0.2) is 18.2 Å². The number of rotatable bonds is 4. The van der Waals surface area contributed by atoms with Crippen molar-refractivity contribution in [3.8, 4) is 5.75 Å². The van der Waals surface area contributed by atoms with Crippen LogP contribution in [-0.2, 0) is 0 Å². The first-order valence-corrected chi connectivity index (χ1v) is 5.83. The van der Waals surface area contributed by atoms with Crippen LogP contribution in [0.4, 0.5) is 0 Å². The SMILES string of the molecule is Cc1cc(C)cc(OCCNC(C)(C)C)c1. The van der Waals surface area contributed by atoms with Crippen molar-refractivity contribution in [1.82, 2.24) is 5.32 Å². The average Bonchev–Trinajstić information content (AvgIpc) is 2.09. The van der Waals surface area contributed by atoms with Gasteiger partial charge in [-0.2, -0.15) is 0 Å². The molecule has 0 saturated carbocycles. The van der Waals surface area contributed by atoms with Crippen LogP contribution < -0.4 is 10.1 Å². The maximum Gasteiger partial charge on any atom is 0.119 e. The van der Waals surface area contributed by atoms with Crippen molar-refractivity contribution in [2.24, 2.45) is 0 Å². The van der Waals surface area contributed by atoms with Gasteiger partial charge in [-0.15, -0.1) is 0 Å². The molecule has 2 heteroatoms. The summed E-state index contributed by atoms with van der Waals surface area (Å²) in [4.78, 5) is 0. The summed E-state index contributed by atoms with van der Waals surface area (Å²) in [5.41, 5.74) is 2.66. The summed E-state index contributed by atoms with van der Waals surface area (Å²) in [6.07, 6.45) is 0. The highest BCUT2D eigenvalue weighted by molar-refractivity contribution is 5.32. The molecule has 1 aromatic rings. The first-order valence-electron chi connectivity index (χ1n) is 5.83. The lowest BCUT2D eigenvalue weighted by Gasteiger charge is -2.20. The lowest BCUT2D eigenvalue weighted by Crippen LogP contribution is -2.38. The van der Waals surface area contributed by atoms with Crippen LogP contribution in [0.2, 0.25) is 0 Å². The van der Waals surface area contributed by atoms with E-state index in [0.29, 0.717) is 6.61 Å². The Balaban J connectivity index is 2.37. The third-order valence-electron chi connectivity index (χ3n) is 2.22. The summed E-state index contributed by atoms with van der Waals surface area (Å²) in [5, 5.41) is 3.40. The number of benzene rings is 1. The molecular formula is C14H23NO. The molecule has 0 saturated heterocycles. The Hall–Kier alpha value is -1.02. The van der Waals surface area contributed by atoms with Gasteiger partial charge in [-0.25, -0.2) is 0 Å². The first kappa shape index (κ1) is 13.0. The van der Waals surface area contributed by atoms with Crippen molar-refractivity contribution in [3.63, 3.8) is 0 Å². The second-order valence-electron chi connectivity index (χ2n) is 5.35. The molecule has 0 aliphatic rings. The Bertz CT molecular complexity index is 319. The number of ether oxygens (including phenoxy) is 1. The lowest BCUT2D eigenvalue weighted by atomic mass is 10.1. The van der Waals surface area contributed by atoms with Gasteiger partial charge >= 0.3 is 0 Å². The number of nitrogens with one attached hydrogen (secondary N) is 1. The molecule has 0 radical (unpaired) electrons. The van der Waals surface area contributed by atoms with Crippen LogP contribution in [0.5, 0.6) is 5.75 Å². The molecule has 0 spiro atoms. The Morgan fingerprint density at radius 3 is 2.12 bits per heavy atom. The summed E-state index contributed by atoms with van der Waals surface area (Å²) in [6.45, 7) is 12.2. The molecule has 90 valence electrons. The highest BCUT2D eigenvalue weighted by Crippen LogP contribution is 2.15. The molecular weight excluding hydrogens is 198 g/mol. The van der Waals surface area contributed by atoms with Gasteiger partial charge in [0.25, 0.3) is 0 Å². The molecule has 0 aromatic heterocycles. The minimum atomic E-state index is 0.159. The number of hydrogen-bond donors (Lipinski definition) is 1. The molecule has 1 N–H and O–H groups in total. The maximum atomic E-state index is 5.70. The van der Waals surface area contributed by atoms with Crippen LogP contribution in [0.3, 0.4) is 0 Å². The third-order valence-corrected chi connectivity index (χ3v) is 2.22. The maximum absolute atomic E-state index is 5.70. The van der Waals surface area contributed by atoms with Gasteiger partial charge in [0.05, 0.1) is 0 Å². The van der Waals surface area contributed by atoms with Gasteiger partial charge in [-0.05, 0) is 57.9 Å². The van der Waals surface area contributed by atoms with Gasteiger partial charge in [0.1, 0.15) is 12.4 Å². The zero-order valence-corrected chi connectivity index (χ0v) is 11.1. The second kappa shape index (κ2) is 5.35. The topological polar surface area (TPSA) is 21.3 Å². The van der Waals surface area contributed by atoms with Crippen LogP contribution in [-0.4, -0.2) is 18.7 Å². The van der Waals surface area contributed by atoms with Crippen LogP contribution in [0.1, 0.15) is 31.9 Å². The fourth-order valence-corrected chi connectivity index (χ4v) is 1.61. The zero-order valence-electron chi connectivity index (χ0n) is 11.1. The van der Waals surface area contributed by atoms with Gasteiger partial charge in [0.15, 0.2) is 0 Å². The summed E-state index contributed by atoms with van der Waals surface area (Å²) in [7, 11) is 0. The van der Waals surface area contributed by atoms with Crippen LogP contribution in [0.25, 0.3) is 0 Å². The highest BCUT2D eigenvalue weighted by atomic mass is 16.5. The minimum absolute atomic E-state index is 0.159. The first-order chi connectivity index (χ1) is 7.37.